The summed E-state index contributed by atoms with van der Waals surface area (Å²) in [5.74, 6) is 0. The topological polar surface area (TPSA) is 76.2 Å². The van der Waals surface area contributed by atoms with Gasteiger partial charge in [-0.2, -0.15) is 5.10 Å². The second-order valence-electron chi connectivity index (χ2n) is 5.56. The molecule has 0 radical (unpaired) electrons. The van der Waals surface area contributed by atoms with E-state index >= 15 is 0 Å². The van der Waals surface area contributed by atoms with Crippen LogP contribution in [0.25, 0.3) is 0 Å². The first-order valence-corrected chi connectivity index (χ1v) is 7.35. The number of hydrogen-bond donors (Lipinski definition) is 2. The van der Waals surface area contributed by atoms with Crippen LogP contribution in [-0.4, -0.2) is 46.4 Å². The highest BCUT2D eigenvalue weighted by molar-refractivity contribution is 5.72. The van der Waals surface area contributed by atoms with Gasteiger partial charge in [-0.15, -0.1) is 0 Å². The van der Waals surface area contributed by atoms with Crippen LogP contribution in [0.2, 0.25) is 0 Å². The fraction of sp³-hybridized carbons (Fsp3) is 0.714. The Hall–Kier alpha value is -1.56. The number of nitrogens with zero attached hydrogens (tertiary/aromatic N) is 3. The summed E-state index contributed by atoms with van der Waals surface area (Å²) in [7, 11) is 0. The van der Waals surface area contributed by atoms with Gasteiger partial charge in [0, 0.05) is 31.4 Å². The van der Waals surface area contributed by atoms with E-state index in [2.05, 4.69) is 28.1 Å². The molecule has 1 aliphatic heterocycles. The van der Waals surface area contributed by atoms with Crippen LogP contribution >= 0.6 is 0 Å². The minimum atomic E-state index is -0.298. The number of rotatable bonds is 5. The summed E-state index contributed by atoms with van der Waals surface area (Å²) in [6.07, 6.45) is 3.05. The molecule has 1 aromatic heterocycles. The fourth-order valence-electron chi connectivity index (χ4n) is 2.74. The lowest BCUT2D eigenvalue weighted by Crippen LogP contribution is -2.47. The Morgan fingerprint density at radius 2 is 2.15 bits per heavy atom. The average molecular weight is 279 g/mol. The number of urea groups is 1. The highest BCUT2D eigenvalue weighted by Crippen LogP contribution is 2.10. The predicted octanol–water partition coefficient (Wildman–Crippen LogP) is 1.02. The molecule has 20 heavy (non-hydrogen) atoms. The number of aromatic nitrogens is 2. The van der Waals surface area contributed by atoms with Crippen LogP contribution in [0.1, 0.15) is 30.7 Å². The van der Waals surface area contributed by atoms with Crippen molar-refractivity contribution in [3.63, 3.8) is 0 Å². The van der Waals surface area contributed by atoms with Crippen molar-refractivity contribution >= 4 is 6.03 Å². The Morgan fingerprint density at radius 3 is 2.70 bits per heavy atom. The minimum Gasteiger partial charge on any atom is -0.351 e. The Kier molecular flexibility index (Phi) is 5.00. The molecule has 0 saturated carbocycles. The lowest BCUT2D eigenvalue weighted by Gasteiger charge is -2.31. The molecule has 2 heterocycles. The first kappa shape index (κ1) is 14.8. The van der Waals surface area contributed by atoms with Gasteiger partial charge in [0.2, 0.25) is 0 Å². The van der Waals surface area contributed by atoms with E-state index < -0.39 is 0 Å². The van der Waals surface area contributed by atoms with Gasteiger partial charge in [0.25, 0.3) is 0 Å². The molecule has 0 aromatic carbocycles. The van der Waals surface area contributed by atoms with Gasteiger partial charge >= 0.3 is 6.03 Å². The lowest BCUT2D eigenvalue weighted by molar-refractivity contribution is 0.185. The summed E-state index contributed by atoms with van der Waals surface area (Å²) < 4.78 is 2.06. The van der Waals surface area contributed by atoms with Crippen molar-refractivity contribution < 1.29 is 4.79 Å². The molecule has 2 amide bonds. The van der Waals surface area contributed by atoms with Gasteiger partial charge in [0.05, 0.1) is 5.69 Å². The monoisotopic (exact) mass is 279 g/mol. The zero-order chi connectivity index (χ0) is 14.5. The maximum Gasteiger partial charge on any atom is 0.314 e. The van der Waals surface area contributed by atoms with Gasteiger partial charge < -0.3 is 16.0 Å². The largest absolute Gasteiger partial charge is 0.351 e. The second kappa shape index (κ2) is 6.74. The highest BCUT2D eigenvalue weighted by atomic mass is 16.2. The number of primary amides is 1. The molecule has 6 heteroatoms. The van der Waals surface area contributed by atoms with E-state index in [0.29, 0.717) is 6.04 Å². The Balaban J connectivity index is 1.62. The molecule has 0 unspecified atom stereocenters. The number of nitrogens with two attached hydrogens (primary N) is 1. The molecule has 1 fully saturated rings. The van der Waals surface area contributed by atoms with Crippen molar-refractivity contribution in [1.82, 2.24) is 20.0 Å². The molecule has 0 aliphatic carbocycles. The summed E-state index contributed by atoms with van der Waals surface area (Å²) in [6.45, 7) is 7.59. The van der Waals surface area contributed by atoms with Gasteiger partial charge in [-0.3, -0.25) is 4.68 Å². The maximum absolute atomic E-state index is 11.0. The summed E-state index contributed by atoms with van der Waals surface area (Å²) in [6, 6.07) is 2.31. The standard InChI is InChI=1S/C14H25N5O/c1-11-10-12(2)19(17-11)7-3-6-16-13-4-8-18(9-5-13)14(15)20/h10,13,16H,3-9H2,1-2H3,(H2,15,20). The van der Waals surface area contributed by atoms with Crippen LogP contribution in [0.5, 0.6) is 0 Å². The molecule has 1 saturated heterocycles. The summed E-state index contributed by atoms with van der Waals surface area (Å²) in [4.78, 5) is 12.7. The van der Waals surface area contributed by atoms with Gasteiger partial charge in [0.15, 0.2) is 0 Å². The molecule has 0 atom stereocenters. The van der Waals surface area contributed by atoms with Gasteiger partial charge in [-0.25, -0.2) is 4.79 Å². The van der Waals surface area contributed by atoms with Gasteiger partial charge in [-0.1, -0.05) is 0 Å². The van der Waals surface area contributed by atoms with Crippen LogP contribution in [-0.2, 0) is 6.54 Å². The van der Waals surface area contributed by atoms with Crippen molar-refractivity contribution in [3.05, 3.63) is 17.5 Å². The average Bonchev–Trinajstić information content (AvgIpc) is 2.73. The molecule has 0 spiro atoms. The van der Waals surface area contributed by atoms with Crippen LogP contribution in [0, 0.1) is 13.8 Å². The second-order valence-corrected chi connectivity index (χ2v) is 5.56. The Labute approximate surface area is 120 Å². The number of amides is 2. The van der Waals surface area contributed by atoms with Crippen molar-refractivity contribution in [2.45, 2.75) is 45.7 Å². The zero-order valence-corrected chi connectivity index (χ0v) is 12.4. The molecule has 1 aliphatic rings. The zero-order valence-electron chi connectivity index (χ0n) is 12.4. The van der Waals surface area contributed by atoms with Crippen LogP contribution in [0.4, 0.5) is 4.79 Å². The quantitative estimate of drug-likeness (QED) is 0.790. The number of piperidine rings is 1. The smallest absolute Gasteiger partial charge is 0.314 e. The third kappa shape index (κ3) is 3.96. The van der Waals surface area contributed by atoms with E-state index in [9.17, 15) is 4.79 Å². The van der Waals surface area contributed by atoms with Crippen molar-refractivity contribution in [1.29, 1.82) is 0 Å². The number of carbonyl (C=O) groups is 1. The summed E-state index contributed by atoms with van der Waals surface area (Å²) >= 11 is 0. The van der Waals surface area contributed by atoms with Crippen molar-refractivity contribution in [2.75, 3.05) is 19.6 Å². The van der Waals surface area contributed by atoms with Crippen LogP contribution < -0.4 is 11.1 Å². The summed E-state index contributed by atoms with van der Waals surface area (Å²) in [5, 5.41) is 8.01. The van der Waals surface area contributed by atoms with E-state index in [0.717, 1.165) is 51.1 Å². The van der Waals surface area contributed by atoms with Crippen molar-refractivity contribution in [3.8, 4) is 0 Å². The van der Waals surface area contributed by atoms with E-state index in [-0.39, 0.29) is 6.03 Å². The Morgan fingerprint density at radius 1 is 1.45 bits per heavy atom. The van der Waals surface area contributed by atoms with Gasteiger partial charge in [0.1, 0.15) is 0 Å². The van der Waals surface area contributed by atoms with Crippen molar-refractivity contribution in [2.24, 2.45) is 5.73 Å². The molecule has 2 rings (SSSR count). The highest BCUT2D eigenvalue weighted by Gasteiger charge is 2.20. The molecule has 0 bridgehead atoms. The first-order valence-electron chi connectivity index (χ1n) is 7.35. The SMILES string of the molecule is Cc1cc(C)n(CCCNC2CCN(C(N)=O)CC2)n1. The third-order valence-electron chi connectivity index (χ3n) is 3.89. The minimum absolute atomic E-state index is 0.298. The number of nitrogens with one attached hydrogen (secondary N) is 1. The van der Waals surface area contributed by atoms with Crippen LogP contribution in [0.15, 0.2) is 6.07 Å². The normalized spacial score (nSPS) is 16.6. The van der Waals surface area contributed by atoms with Crippen LogP contribution in [0.3, 0.4) is 0 Å². The van der Waals surface area contributed by atoms with E-state index in [1.54, 1.807) is 4.90 Å². The summed E-state index contributed by atoms with van der Waals surface area (Å²) in [5.41, 5.74) is 7.57. The lowest BCUT2D eigenvalue weighted by atomic mass is 10.1. The first-order chi connectivity index (χ1) is 9.56. The van der Waals surface area contributed by atoms with E-state index in [1.165, 1.54) is 5.69 Å². The third-order valence-corrected chi connectivity index (χ3v) is 3.89. The molecular formula is C14H25N5O. The number of carbonyl (C=O) groups excluding carboxylic acids is 1. The number of likely N-dealkylation sites (tertiary alicyclic amines) is 1. The number of aryl methyl sites for hydroxylation is 3. The van der Waals surface area contributed by atoms with E-state index in [1.807, 2.05) is 6.92 Å². The number of hydrogen-bond acceptors (Lipinski definition) is 3. The van der Waals surface area contributed by atoms with E-state index in [4.69, 9.17) is 5.73 Å². The molecule has 1 aromatic rings. The molecular weight excluding hydrogens is 254 g/mol. The molecule has 112 valence electrons. The maximum atomic E-state index is 11.0. The molecule has 3 N–H and O–H groups in total. The Bertz CT molecular complexity index is 448. The molecule has 6 nitrogen and oxygen atoms in total. The fourth-order valence-corrected chi connectivity index (χ4v) is 2.74. The van der Waals surface area contributed by atoms with Gasteiger partial charge in [-0.05, 0) is 45.7 Å². The predicted molar refractivity (Wildman–Crippen MR) is 78.5 cm³/mol.